The summed E-state index contributed by atoms with van der Waals surface area (Å²) in [5.74, 6) is 0. The maximum Gasteiger partial charge on any atom is 0.181 e. The quantitative estimate of drug-likeness (QED) is 0.606. The van der Waals surface area contributed by atoms with Crippen LogP contribution in [0.2, 0.25) is 0 Å². The highest BCUT2D eigenvalue weighted by Crippen LogP contribution is 2.36. The Bertz CT molecular complexity index is 271. The Balaban J connectivity index is 2.58. The zero-order valence-electron chi connectivity index (χ0n) is 12.6. The normalized spacial score (nSPS) is 22.5. The van der Waals surface area contributed by atoms with Crippen molar-refractivity contribution < 1.29 is 0 Å². The van der Waals surface area contributed by atoms with Gasteiger partial charge < -0.3 is 5.32 Å². The highest BCUT2D eigenvalue weighted by atomic mass is 32.1. The molecule has 0 aliphatic carbocycles. The molecule has 1 saturated heterocycles. The number of hydrogen-bond donors (Lipinski definition) is 2. The second-order valence-corrected chi connectivity index (χ2v) is 6.94. The van der Waals surface area contributed by atoms with Gasteiger partial charge in [0.05, 0.1) is 0 Å². The standard InChI is InChI=1S/C14H29N3S/c1-6-7-11-15-12(18)16-17-13(2,3)9-8-10-14(17,4)5/h6-11H2,1-5H3,(H2,15,16,18). The van der Waals surface area contributed by atoms with Crippen LogP contribution in [0.4, 0.5) is 0 Å². The SMILES string of the molecule is CCCCNC(=S)NN1C(C)(C)CCCC1(C)C. The largest absolute Gasteiger partial charge is 0.362 e. The van der Waals surface area contributed by atoms with Crippen LogP contribution in [0.3, 0.4) is 0 Å². The molecule has 3 nitrogen and oxygen atoms in total. The van der Waals surface area contributed by atoms with Crippen LogP contribution in [-0.4, -0.2) is 27.7 Å². The second kappa shape index (κ2) is 6.20. The molecule has 4 heteroatoms. The molecule has 0 aromatic heterocycles. The first kappa shape index (κ1) is 15.7. The third kappa shape index (κ3) is 4.09. The van der Waals surface area contributed by atoms with Gasteiger partial charge in [-0.1, -0.05) is 13.3 Å². The number of hydrazine groups is 1. The maximum atomic E-state index is 5.39. The predicted octanol–water partition coefficient (Wildman–Crippen LogP) is 3.21. The van der Waals surface area contributed by atoms with Gasteiger partial charge in [-0.3, -0.25) is 5.43 Å². The molecule has 1 aliphatic rings. The van der Waals surface area contributed by atoms with Gasteiger partial charge in [0.25, 0.3) is 0 Å². The topological polar surface area (TPSA) is 27.3 Å². The molecular weight excluding hydrogens is 242 g/mol. The Morgan fingerprint density at radius 3 is 2.22 bits per heavy atom. The Hall–Kier alpha value is -0.350. The van der Waals surface area contributed by atoms with E-state index in [1.165, 1.54) is 25.7 Å². The third-order valence-electron chi connectivity index (χ3n) is 3.82. The minimum absolute atomic E-state index is 0.151. The molecule has 1 heterocycles. The number of unbranched alkanes of at least 4 members (excludes halogenated alkanes) is 1. The second-order valence-electron chi connectivity index (χ2n) is 6.54. The van der Waals surface area contributed by atoms with E-state index in [-0.39, 0.29) is 11.1 Å². The summed E-state index contributed by atoms with van der Waals surface area (Å²) in [4.78, 5) is 0. The molecule has 0 amide bonds. The summed E-state index contributed by atoms with van der Waals surface area (Å²) in [7, 11) is 0. The first-order chi connectivity index (χ1) is 8.29. The van der Waals surface area contributed by atoms with Crippen molar-refractivity contribution in [1.82, 2.24) is 15.8 Å². The summed E-state index contributed by atoms with van der Waals surface area (Å²) in [6, 6.07) is 0. The zero-order chi connectivity index (χ0) is 13.8. The molecule has 0 atom stereocenters. The van der Waals surface area contributed by atoms with Crippen LogP contribution in [-0.2, 0) is 0 Å². The molecule has 0 bridgehead atoms. The minimum atomic E-state index is 0.151. The molecule has 1 aliphatic heterocycles. The van der Waals surface area contributed by atoms with E-state index in [0.717, 1.165) is 18.1 Å². The molecule has 18 heavy (non-hydrogen) atoms. The van der Waals surface area contributed by atoms with E-state index < -0.39 is 0 Å². The van der Waals surface area contributed by atoms with Crippen molar-refractivity contribution in [2.75, 3.05) is 6.54 Å². The van der Waals surface area contributed by atoms with Crippen LogP contribution in [0.1, 0.15) is 66.7 Å². The highest BCUT2D eigenvalue weighted by Gasteiger charge is 2.41. The third-order valence-corrected chi connectivity index (χ3v) is 4.05. The predicted molar refractivity (Wildman–Crippen MR) is 82.5 cm³/mol. The van der Waals surface area contributed by atoms with E-state index in [4.69, 9.17) is 12.2 Å². The molecule has 0 saturated carbocycles. The lowest BCUT2D eigenvalue weighted by Crippen LogP contribution is -2.66. The smallest absolute Gasteiger partial charge is 0.181 e. The molecule has 1 fully saturated rings. The molecular formula is C14H29N3S. The monoisotopic (exact) mass is 271 g/mol. The zero-order valence-corrected chi connectivity index (χ0v) is 13.4. The number of rotatable bonds is 4. The molecule has 1 rings (SSSR count). The van der Waals surface area contributed by atoms with E-state index in [1.54, 1.807) is 0 Å². The van der Waals surface area contributed by atoms with Crippen molar-refractivity contribution in [3.63, 3.8) is 0 Å². The molecule has 0 radical (unpaired) electrons. The molecule has 0 unspecified atom stereocenters. The van der Waals surface area contributed by atoms with Gasteiger partial charge in [0.15, 0.2) is 5.11 Å². The van der Waals surface area contributed by atoms with Crippen molar-refractivity contribution in [3.8, 4) is 0 Å². The summed E-state index contributed by atoms with van der Waals surface area (Å²) >= 11 is 5.39. The molecule has 106 valence electrons. The average molecular weight is 271 g/mol. The molecule has 2 N–H and O–H groups in total. The Labute approximate surface area is 118 Å². The summed E-state index contributed by atoms with van der Waals surface area (Å²) in [5, 5.41) is 6.38. The highest BCUT2D eigenvalue weighted by molar-refractivity contribution is 7.80. The Morgan fingerprint density at radius 2 is 1.72 bits per heavy atom. The lowest BCUT2D eigenvalue weighted by atomic mass is 9.82. The summed E-state index contributed by atoms with van der Waals surface area (Å²) in [6.07, 6.45) is 6.06. The number of hydrogen-bond acceptors (Lipinski definition) is 2. The van der Waals surface area contributed by atoms with Crippen LogP contribution >= 0.6 is 12.2 Å². The van der Waals surface area contributed by atoms with Crippen molar-refractivity contribution in [1.29, 1.82) is 0 Å². The molecule has 0 aromatic rings. The number of piperidine rings is 1. The van der Waals surface area contributed by atoms with Gasteiger partial charge in [-0.2, -0.15) is 0 Å². The van der Waals surface area contributed by atoms with Crippen molar-refractivity contribution >= 4 is 17.3 Å². The Kier molecular flexibility index (Phi) is 5.41. The van der Waals surface area contributed by atoms with Gasteiger partial charge in [0, 0.05) is 17.6 Å². The van der Waals surface area contributed by atoms with E-state index in [2.05, 4.69) is 50.4 Å². The fraction of sp³-hybridized carbons (Fsp3) is 0.929. The fourth-order valence-corrected chi connectivity index (χ4v) is 3.01. The van der Waals surface area contributed by atoms with Crippen LogP contribution < -0.4 is 10.7 Å². The number of nitrogens with zero attached hydrogens (tertiary/aromatic N) is 1. The minimum Gasteiger partial charge on any atom is -0.362 e. The van der Waals surface area contributed by atoms with Gasteiger partial charge in [-0.05, 0) is 65.6 Å². The van der Waals surface area contributed by atoms with Gasteiger partial charge in [-0.15, -0.1) is 0 Å². The number of nitrogens with one attached hydrogen (secondary N) is 2. The molecule has 0 aromatic carbocycles. The lowest BCUT2D eigenvalue weighted by Gasteiger charge is -2.52. The van der Waals surface area contributed by atoms with E-state index in [9.17, 15) is 0 Å². The average Bonchev–Trinajstić information content (AvgIpc) is 2.23. The van der Waals surface area contributed by atoms with Gasteiger partial charge >= 0.3 is 0 Å². The van der Waals surface area contributed by atoms with Crippen molar-refractivity contribution in [2.45, 2.75) is 77.8 Å². The van der Waals surface area contributed by atoms with Crippen molar-refractivity contribution in [2.24, 2.45) is 0 Å². The van der Waals surface area contributed by atoms with Crippen LogP contribution in [0.5, 0.6) is 0 Å². The maximum absolute atomic E-state index is 5.39. The van der Waals surface area contributed by atoms with Gasteiger partial charge in [0.2, 0.25) is 0 Å². The van der Waals surface area contributed by atoms with Crippen molar-refractivity contribution in [3.05, 3.63) is 0 Å². The van der Waals surface area contributed by atoms with E-state index in [0.29, 0.717) is 0 Å². The van der Waals surface area contributed by atoms with E-state index in [1.807, 2.05) is 0 Å². The van der Waals surface area contributed by atoms with Crippen LogP contribution in [0, 0.1) is 0 Å². The van der Waals surface area contributed by atoms with Gasteiger partial charge in [0.1, 0.15) is 0 Å². The van der Waals surface area contributed by atoms with Crippen LogP contribution in [0.25, 0.3) is 0 Å². The summed E-state index contributed by atoms with van der Waals surface area (Å²) in [6.45, 7) is 12.3. The first-order valence-electron chi connectivity index (χ1n) is 7.14. The molecule has 0 spiro atoms. The lowest BCUT2D eigenvalue weighted by molar-refractivity contribution is -0.0511. The van der Waals surface area contributed by atoms with E-state index >= 15 is 0 Å². The van der Waals surface area contributed by atoms with Crippen LogP contribution in [0.15, 0.2) is 0 Å². The number of thiocarbonyl (C=S) groups is 1. The summed E-state index contributed by atoms with van der Waals surface area (Å²) < 4.78 is 0. The first-order valence-corrected chi connectivity index (χ1v) is 7.55. The van der Waals surface area contributed by atoms with Gasteiger partial charge in [-0.25, -0.2) is 5.01 Å². The Morgan fingerprint density at radius 1 is 1.17 bits per heavy atom. The fourth-order valence-electron chi connectivity index (χ4n) is 2.82. The summed E-state index contributed by atoms with van der Waals surface area (Å²) in [5.41, 5.74) is 3.71.